The lowest BCUT2D eigenvalue weighted by Crippen LogP contribution is -2.28. The summed E-state index contributed by atoms with van der Waals surface area (Å²) < 4.78 is 5.18. The third kappa shape index (κ3) is 3.71. The number of aryl methyl sites for hydroxylation is 2. The molecule has 0 atom stereocenters. The van der Waals surface area contributed by atoms with Gasteiger partial charge in [0.05, 0.1) is 16.7 Å². The average Bonchev–Trinajstić information content (AvgIpc) is 3.37. The maximum Gasteiger partial charge on any atom is 0.329 e. The van der Waals surface area contributed by atoms with Crippen LogP contribution < -0.4 is 11.0 Å². The molecule has 7 nitrogen and oxygen atoms in total. The van der Waals surface area contributed by atoms with E-state index in [2.05, 4.69) is 10.4 Å². The predicted octanol–water partition coefficient (Wildman–Crippen LogP) is 2.72. The first kappa shape index (κ1) is 18.7. The van der Waals surface area contributed by atoms with Gasteiger partial charge in [-0.15, -0.1) is 0 Å². The Balaban J connectivity index is 1.44. The lowest BCUT2D eigenvalue weighted by Gasteiger charge is -2.11. The Morgan fingerprint density at radius 1 is 1.00 bits per heavy atom. The molecule has 7 heteroatoms. The van der Waals surface area contributed by atoms with Crippen molar-refractivity contribution in [3.05, 3.63) is 83.0 Å². The van der Waals surface area contributed by atoms with E-state index in [4.69, 9.17) is 0 Å². The van der Waals surface area contributed by atoms with Gasteiger partial charge in [-0.3, -0.25) is 13.9 Å². The van der Waals surface area contributed by atoms with Crippen LogP contribution in [0, 0.1) is 0 Å². The van der Waals surface area contributed by atoms with Crippen LogP contribution in [0.15, 0.2) is 71.8 Å². The molecule has 0 spiro atoms. The third-order valence-electron chi connectivity index (χ3n) is 5.02. The fourth-order valence-electron chi connectivity index (χ4n) is 3.58. The van der Waals surface area contributed by atoms with Crippen LogP contribution in [0.2, 0.25) is 0 Å². The smallest absolute Gasteiger partial charge is 0.329 e. The van der Waals surface area contributed by atoms with Crippen LogP contribution in [0.25, 0.3) is 16.7 Å². The van der Waals surface area contributed by atoms with Gasteiger partial charge in [0.25, 0.3) is 0 Å². The molecule has 2 aromatic carbocycles. The van der Waals surface area contributed by atoms with Crippen molar-refractivity contribution in [1.29, 1.82) is 0 Å². The third-order valence-corrected chi connectivity index (χ3v) is 5.02. The monoisotopic (exact) mass is 389 g/mol. The number of rotatable bonds is 7. The molecule has 0 saturated heterocycles. The van der Waals surface area contributed by atoms with Crippen LogP contribution in [-0.4, -0.2) is 24.8 Å². The molecule has 2 heterocycles. The number of nitrogens with zero attached hydrogens (tertiary/aromatic N) is 4. The zero-order valence-electron chi connectivity index (χ0n) is 16.3. The molecule has 0 aliphatic carbocycles. The maximum atomic E-state index is 12.7. The SMILES string of the molecule is CCn1c(=O)n(CCC(=O)NCc2ccccc2-n2cccn2)c2ccccc21. The number of carbonyl (C=O) groups excluding carboxylic acids is 1. The lowest BCUT2D eigenvalue weighted by atomic mass is 10.1. The van der Waals surface area contributed by atoms with E-state index >= 15 is 0 Å². The number of hydrogen-bond acceptors (Lipinski definition) is 3. The number of carbonyl (C=O) groups is 1. The van der Waals surface area contributed by atoms with Gasteiger partial charge in [0, 0.05) is 38.4 Å². The molecule has 1 amide bonds. The van der Waals surface area contributed by atoms with Crippen molar-refractivity contribution in [2.24, 2.45) is 0 Å². The van der Waals surface area contributed by atoms with Gasteiger partial charge < -0.3 is 5.32 Å². The summed E-state index contributed by atoms with van der Waals surface area (Å²) in [6.07, 6.45) is 3.83. The van der Waals surface area contributed by atoms with Crippen molar-refractivity contribution < 1.29 is 4.79 Å². The minimum Gasteiger partial charge on any atom is -0.352 e. The first-order valence-electron chi connectivity index (χ1n) is 9.71. The fourth-order valence-corrected chi connectivity index (χ4v) is 3.58. The molecule has 0 saturated carbocycles. The quantitative estimate of drug-likeness (QED) is 0.528. The second-order valence-corrected chi connectivity index (χ2v) is 6.77. The van der Waals surface area contributed by atoms with E-state index in [0.29, 0.717) is 19.6 Å². The minimum absolute atomic E-state index is 0.0782. The Morgan fingerprint density at radius 2 is 1.72 bits per heavy atom. The summed E-state index contributed by atoms with van der Waals surface area (Å²) in [4.78, 5) is 25.1. The van der Waals surface area contributed by atoms with Gasteiger partial charge in [0.2, 0.25) is 5.91 Å². The van der Waals surface area contributed by atoms with Crippen molar-refractivity contribution in [3.63, 3.8) is 0 Å². The first-order valence-corrected chi connectivity index (χ1v) is 9.71. The first-order chi connectivity index (χ1) is 14.2. The van der Waals surface area contributed by atoms with Crippen molar-refractivity contribution in [1.82, 2.24) is 24.2 Å². The molecule has 4 aromatic rings. The van der Waals surface area contributed by atoms with Gasteiger partial charge in [0.15, 0.2) is 0 Å². The lowest BCUT2D eigenvalue weighted by molar-refractivity contribution is -0.121. The van der Waals surface area contributed by atoms with E-state index < -0.39 is 0 Å². The van der Waals surface area contributed by atoms with Crippen LogP contribution in [0.3, 0.4) is 0 Å². The van der Waals surface area contributed by atoms with E-state index in [1.807, 2.05) is 67.7 Å². The average molecular weight is 389 g/mol. The summed E-state index contributed by atoms with van der Waals surface area (Å²) in [6, 6.07) is 17.4. The van der Waals surface area contributed by atoms with E-state index in [1.54, 1.807) is 20.0 Å². The Kier molecular flexibility index (Phi) is 5.29. The number of para-hydroxylation sites is 3. The van der Waals surface area contributed by atoms with Crippen LogP contribution in [0.5, 0.6) is 0 Å². The van der Waals surface area contributed by atoms with Gasteiger partial charge in [-0.2, -0.15) is 5.10 Å². The number of benzene rings is 2. The summed E-state index contributed by atoms with van der Waals surface area (Å²) in [5, 5.41) is 7.22. The minimum atomic E-state index is -0.0968. The van der Waals surface area contributed by atoms with Crippen LogP contribution in [0.1, 0.15) is 18.9 Å². The Morgan fingerprint density at radius 3 is 2.45 bits per heavy atom. The number of fused-ring (bicyclic) bond motifs is 1. The molecule has 0 unspecified atom stereocenters. The van der Waals surface area contributed by atoms with E-state index in [9.17, 15) is 9.59 Å². The van der Waals surface area contributed by atoms with Crippen molar-refractivity contribution in [2.45, 2.75) is 33.0 Å². The largest absolute Gasteiger partial charge is 0.352 e. The van der Waals surface area contributed by atoms with Crippen molar-refractivity contribution in [3.8, 4) is 5.69 Å². The van der Waals surface area contributed by atoms with E-state index in [1.165, 1.54) is 0 Å². The molecule has 148 valence electrons. The highest BCUT2D eigenvalue weighted by atomic mass is 16.2. The molecule has 0 aliphatic rings. The maximum absolute atomic E-state index is 12.7. The highest BCUT2D eigenvalue weighted by molar-refractivity contribution is 5.78. The highest BCUT2D eigenvalue weighted by Gasteiger charge is 2.13. The molecule has 1 N–H and O–H groups in total. The van der Waals surface area contributed by atoms with Gasteiger partial charge in [0.1, 0.15) is 0 Å². The Labute approximate surface area is 168 Å². The zero-order chi connectivity index (χ0) is 20.2. The molecule has 2 aromatic heterocycles. The zero-order valence-corrected chi connectivity index (χ0v) is 16.3. The molecule has 0 aliphatic heterocycles. The molecular weight excluding hydrogens is 366 g/mol. The standard InChI is InChI=1S/C22H23N5O2/c1-2-25-19-10-5-6-11-20(19)26(22(25)29)15-12-21(28)23-16-17-8-3-4-9-18(17)27-14-7-13-24-27/h3-11,13-14H,2,12,15-16H2,1H3,(H,23,28). The van der Waals surface area contributed by atoms with Crippen LogP contribution in [-0.2, 0) is 24.4 Å². The molecule has 0 radical (unpaired) electrons. The topological polar surface area (TPSA) is 73.8 Å². The predicted molar refractivity (Wildman–Crippen MR) is 112 cm³/mol. The summed E-state index contributed by atoms with van der Waals surface area (Å²) in [5.74, 6) is -0.0968. The number of hydrogen-bond donors (Lipinski definition) is 1. The summed E-state index contributed by atoms with van der Waals surface area (Å²) in [6.45, 7) is 3.30. The Bertz CT molecular complexity index is 1190. The summed E-state index contributed by atoms with van der Waals surface area (Å²) in [7, 11) is 0. The molecule has 29 heavy (non-hydrogen) atoms. The van der Waals surface area contributed by atoms with Gasteiger partial charge in [-0.1, -0.05) is 30.3 Å². The van der Waals surface area contributed by atoms with E-state index in [0.717, 1.165) is 22.3 Å². The number of imidazole rings is 1. The Hall–Kier alpha value is -3.61. The van der Waals surface area contributed by atoms with Crippen LogP contribution in [0.4, 0.5) is 0 Å². The highest BCUT2D eigenvalue weighted by Crippen LogP contribution is 2.14. The number of aromatic nitrogens is 4. The van der Waals surface area contributed by atoms with E-state index in [-0.39, 0.29) is 18.0 Å². The summed E-state index contributed by atoms with van der Waals surface area (Å²) in [5.41, 5.74) is 3.58. The van der Waals surface area contributed by atoms with Crippen molar-refractivity contribution >= 4 is 16.9 Å². The fraction of sp³-hybridized carbons (Fsp3) is 0.227. The van der Waals surface area contributed by atoms with Crippen molar-refractivity contribution in [2.75, 3.05) is 0 Å². The molecule has 0 bridgehead atoms. The van der Waals surface area contributed by atoms with Gasteiger partial charge >= 0.3 is 5.69 Å². The van der Waals surface area contributed by atoms with Crippen LogP contribution >= 0.6 is 0 Å². The molecule has 0 fully saturated rings. The van der Waals surface area contributed by atoms with Gasteiger partial charge in [-0.05, 0) is 36.8 Å². The number of amides is 1. The van der Waals surface area contributed by atoms with Gasteiger partial charge in [-0.25, -0.2) is 9.48 Å². The molecular formula is C22H23N5O2. The summed E-state index contributed by atoms with van der Waals surface area (Å²) >= 11 is 0. The normalized spacial score (nSPS) is 11.1. The second kappa shape index (κ2) is 8.18. The molecule has 4 rings (SSSR count). The second-order valence-electron chi connectivity index (χ2n) is 6.77. The number of nitrogens with one attached hydrogen (secondary N) is 1.